The molecule has 5 nitrogen and oxygen atoms in total. The van der Waals surface area contributed by atoms with Gasteiger partial charge in [0.15, 0.2) is 11.6 Å². The zero-order valence-corrected chi connectivity index (χ0v) is 13.4. The smallest absolute Gasteiger partial charge is 0.227 e. The number of fused-ring (bicyclic) bond motifs is 2. The van der Waals surface area contributed by atoms with Crippen LogP contribution in [0.4, 0.5) is 20.4 Å². The third-order valence-corrected chi connectivity index (χ3v) is 4.52. The highest BCUT2D eigenvalue weighted by atomic mass is 35.5. The number of benzene rings is 2. The van der Waals surface area contributed by atoms with Crippen molar-refractivity contribution in [2.24, 2.45) is 0 Å². The molecule has 2 heterocycles. The number of hydrogen-bond donors (Lipinski definition) is 3. The van der Waals surface area contributed by atoms with Crippen molar-refractivity contribution in [1.29, 1.82) is 0 Å². The molecular weight excluding hydrogens is 359 g/mol. The molecule has 0 aliphatic rings. The van der Waals surface area contributed by atoms with E-state index in [9.17, 15) is 8.78 Å². The topological polar surface area (TPSA) is 71.7 Å². The summed E-state index contributed by atoms with van der Waals surface area (Å²) in [5.41, 5.74) is 1.94. The first-order valence-electron chi connectivity index (χ1n) is 6.80. The van der Waals surface area contributed by atoms with Crippen LogP contribution in [0, 0.1) is 11.6 Å². The number of rotatable bonds is 2. The molecule has 0 spiro atoms. The van der Waals surface area contributed by atoms with Gasteiger partial charge >= 0.3 is 0 Å². The lowest BCUT2D eigenvalue weighted by molar-refractivity contribution is 0.511. The highest BCUT2D eigenvalue weighted by Crippen LogP contribution is 2.33. The molecule has 24 heavy (non-hydrogen) atoms. The van der Waals surface area contributed by atoms with E-state index in [0.29, 0.717) is 32.6 Å². The summed E-state index contributed by atoms with van der Waals surface area (Å²) in [6.45, 7) is 0. The maximum atomic E-state index is 13.5. The first kappa shape index (κ1) is 15.0. The Balaban J connectivity index is 1.84. The Bertz CT molecular complexity index is 1100. The Labute approximate surface area is 143 Å². The van der Waals surface area contributed by atoms with E-state index in [2.05, 4.69) is 15.3 Å². The fourth-order valence-electron chi connectivity index (χ4n) is 2.53. The molecule has 9 heteroatoms. The minimum Gasteiger partial charge on any atom is -0.359 e. The number of nitrogens with one attached hydrogen (secondary N) is 2. The van der Waals surface area contributed by atoms with Gasteiger partial charge in [0.25, 0.3) is 0 Å². The van der Waals surface area contributed by atoms with Crippen molar-refractivity contribution in [1.82, 2.24) is 14.6 Å². The summed E-state index contributed by atoms with van der Waals surface area (Å²) in [6, 6.07) is 5.48. The number of hydrogen-bond acceptors (Lipinski definition) is 3. The highest BCUT2D eigenvalue weighted by Gasteiger charge is 2.16. The van der Waals surface area contributed by atoms with Crippen LogP contribution in [-0.2, 0) is 0 Å². The number of halogens is 4. The number of aromatic nitrogens is 3. The molecule has 0 amide bonds. The Morgan fingerprint density at radius 3 is 2.71 bits per heavy atom. The molecule has 0 atom stereocenters. The highest BCUT2D eigenvalue weighted by molar-refractivity contribution is 6.45. The van der Waals surface area contributed by atoms with Crippen molar-refractivity contribution < 1.29 is 8.78 Å². The molecule has 0 radical (unpaired) electrons. The second-order valence-corrected chi connectivity index (χ2v) is 5.96. The van der Waals surface area contributed by atoms with Crippen molar-refractivity contribution in [3.05, 3.63) is 52.1 Å². The molecule has 0 aliphatic heterocycles. The molecule has 0 fully saturated rings. The normalized spacial score (nSPS) is 11.5. The molecular formula is C15H9Cl2F2N5. The summed E-state index contributed by atoms with van der Waals surface area (Å²) < 4.78 is 28.1. The SMILES string of the molecule is Nn1c(Nc2c[nH]c3cc(F)c(F)cc23)nc2c(Cl)c(Cl)ccc21. The van der Waals surface area contributed by atoms with E-state index in [1.165, 1.54) is 4.68 Å². The van der Waals surface area contributed by atoms with Crippen LogP contribution < -0.4 is 11.2 Å². The summed E-state index contributed by atoms with van der Waals surface area (Å²) in [7, 11) is 0. The van der Waals surface area contributed by atoms with Gasteiger partial charge in [-0.3, -0.25) is 0 Å². The summed E-state index contributed by atoms with van der Waals surface area (Å²) in [5.74, 6) is 4.43. The van der Waals surface area contributed by atoms with E-state index in [1.54, 1.807) is 18.3 Å². The van der Waals surface area contributed by atoms with Crippen LogP contribution in [0.15, 0.2) is 30.5 Å². The average molecular weight is 368 g/mol. The molecule has 2 aromatic carbocycles. The number of aromatic amines is 1. The lowest BCUT2D eigenvalue weighted by atomic mass is 10.2. The lowest BCUT2D eigenvalue weighted by Gasteiger charge is -2.05. The number of nitrogens with zero attached hydrogens (tertiary/aromatic N) is 2. The van der Waals surface area contributed by atoms with Crippen molar-refractivity contribution >= 4 is 56.8 Å². The van der Waals surface area contributed by atoms with Crippen LogP contribution in [-0.4, -0.2) is 14.6 Å². The fourth-order valence-corrected chi connectivity index (χ4v) is 2.89. The predicted molar refractivity (Wildman–Crippen MR) is 91.4 cm³/mol. The van der Waals surface area contributed by atoms with E-state index in [0.717, 1.165) is 12.1 Å². The van der Waals surface area contributed by atoms with Crippen LogP contribution in [0.25, 0.3) is 21.9 Å². The van der Waals surface area contributed by atoms with Crippen molar-refractivity contribution in [3.63, 3.8) is 0 Å². The molecule has 2 aromatic heterocycles. The first-order valence-corrected chi connectivity index (χ1v) is 7.56. The number of nitrogen functional groups attached to an aromatic ring is 1. The Hall–Kier alpha value is -2.51. The molecule has 0 saturated heterocycles. The summed E-state index contributed by atoms with van der Waals surface area (Å²) >= 11 is 12.1. The standard InChI is InChI=1S/C15H9Cl2F2N5/c16-7-1-2-12-14(13(7)17)23-15(24(12)20)22-11-5-21-10-4-9(19)8(18)3-6(10)11/h1-5,21H,20H2,(H,22,23). The average Bonchev–Trinajstić information content (AvgIpc) is 3.07. The number of anilines is 2. The van der Waals surface area contributed by atoms with Gasteiger partial charge in [0.2, 0.25) is 5.95 Å². The van der Waals surface area contributed by atoms with Gasteiger partial charge in [-0.05, 0) is 18.2 Å². The van der Waals surface area contributed by atoms with Gasteiger partial charge in [-0.2, -0.15) is 0 Å². The van der Waals surface area contributed by atoms with Gasteiger partial charge in [-0.1, -0.05) is 23.2 Å². The lowest BCUT2D eigenvalue weighted by Crippen LogP contribution is -2.11. The van der Waals surface area contributed by atoms with Crippen molar-refractivity contribution in [2.45, 2.75) is 0 Å². The monoisotopic (exact) mass is 367 g/mol. The number of imidazole rings is 1. The van der Waals surface area contributed by atoms with Gasteiger partial charge < -0.3 is 16.1 Å². The van der Waals surface area contributed by atoms with Crippen LogP contribution in [0.5, 0.6) is 0 Å². The van der Waals surface area contributed by atoms with E-state index in [4.69, 9.17) is 29.0 Å². The molecule has 0 unspecified atom stereocenters. The molecule has 0 bridgehead atoms. The van der Waals surface area contributed by atoms with Gasteiger partial charge in [0.05, 0.1) is 26.8 Å². The second kappa shape index (κ2) is 5.25. The minimum absolute atomic E-state index is 0.278. The molecule has 0 aliphatic carbocycles. The van der Waals surface area contributed by atoms with Gasteiger partial charge in [-0.25, -0.2) is 18.4 Å². The third kappa shape index (κ3) is 2.16. The molecule has 4 rings (SSSR count). The summed E-state index contributed by atoms with van der Waals surface area (Å²) in [5, 5.41) is 4.09. The van der Waals surface area contributed by atoms with Gasteiger partial charge in [0.1, 0.15) is 5.52 Å². The zero-order chi connectivity index (χ0) is 17.0. The Morgan fingerprint density at radius 1 is 1.17 bits per heavy atom. The fraction of sp³-hybridized carbons (Fsp3) is 0. The van der Waals surface area contributed by atoms with Crippen molar-refractivity contribution in [3.8, 4) is 0 Å². The van der Waals surface area contributed by atoms with Gasteiger partial charge in [0, 0.05) is 17.6 Å². The maximum Gasteiger partial charge on any atom is 0.227 e. The van der Waals surface area contributed by atoms with Crippen LogP contribution in [0.1, 0.15) is 0 Å². The quantitative estimate of drug-likeness (QED) is 0.454. The second-order valence-electron chi connectivity index (χ2n) is 5.17. The summed E-state index contributed by atoms with van der Waals surface area (Å²) in [4.78, 5) is 7.18. The molecule has 4 N–H and O–H groups in total. The minimum atomic E-state index is -0.943. The summed E-state index contributed by atoms with van der Waals surface area (Å²) in [6.07, 6.45) is 1.57. The van der Waals surface area contributed by atoms with Gasteiger partial charge in [-0.15, -0.1) is 0 Å². The van der Waals surface area contributed by atoms with E-state index >= 15 is 0 Å². The largest absolute Gasteiger partial charge is 0.359 e. The molecule has 0 saturated carbocycles. The Kier molecular flexibility index (Phi) is 3.29. The van der Waals surface area contributed by atoms with Crippen LogP contribution in [0.3, 0.4) is 0 Å². The van der Waals surface area contributed by atoms with Crippen molar-refractivity contribution in [2.75, 3.05) is 11.2 Å². The molecule has 122 valence electrons. The molecule has 4 aromatic rings. The Morgan fingerprint density at radius 2 is 1.92 bits per heavy atom. The first-order chi connectivity index (χ1) is 11.5. The van der Waals surface area contributed by atoms with Crippen LogP contribution >= 0.6 is 23.2 Å². The predicted octanol–water partition coefficient (Wildman–Crippen LogP) is 4.56. The zero-order valence-electron chi connectivity index (χ0n) is 11.9. The number of H-pyrrole nitrogens is 1. The third-order valence-electron chi connectivity index (χ3n) is 3.72. The van der Waals surface area contributed by atoms with E-state index in [-0.39, 0.29) is 11.0 Å². The van der Waals surface area contributed by atoms with E-state index in [1.807, 2.05) is 0 Å². The maximum absolute atomic E-state index is 13.5. The number of nitrogens with two attached hydrogens (primary N) is 1. The van der Waals surface area contributed by atoms with Crippen LogP contribution in [0.2, 0.25) is 10.0 Å². The van der Waals surface area contributed by atoms with E-state index < -0.39 is 11.6 Å².